The minimum Gasteiger partial charge on any atom is -0.487 e. The smallest absolute Gasteiger partial charge is 0.167 e. The van der Waals surface area contributed by atoms with Gasteiger partial charge in [-0.25, -0.2) is 13.2 Å². The normalized spacial score (nSPS) is 12.2. The maximum Gasteiger partial charge on any atom is 0.167 e. The number of rotatable bonds is 4. The Bertz CT molecular complexity index is 555. The molecule has 0 heterocycles. The molecule has 1 N–H and O–H groups in total. The lowest BCUT2D eigenvalue weighted by Crippen LogP contribution is -2.10. The molecular formula is C14H11F3O2. The molecule has 2 rings (SSSR count). The number of ether oxygens (including phenoxy) is 1. The van der Waals surface area contributed by atoms with Gasteiger partial charge in [-0.05, 0) is 29.8 Å². The summed E-state index contributed by atoms with van der Waals surface area (Å²) >= 11 is 0. The van der Waals surface area contributed by atoms with Crippen LogP contribution in [0, 0.1) is 17.5 Å². The third-order valence-corrected chi connectivity index (χ3v) is 2.55. The van der Waals surface area contributed by atoms with E-state index in [2.05, 4.69) is 0 Å². The molecule has 1 unspecified atom stereocenters. The van der Waals surface area contributed by atoms with Gasteiger partial charge in [0.05, 0.1) is 0 Å². The van der Waals surface area contributed by atoms with Crippen molar-refractivity contribution in [2.45, 2.75) is 6.10 Å². The fourth-order valence-corrected chi connectivity index (χ4v) is 1.54. The van der Waals surface area contributed by atoms with Crippen LogP contribution in [0.15, 0.2) is 42.5 Å². The maximum atomic E-state index is 13.3. The molecule has 19 heavy (non-hydrogen) atoms. The van der Waals surface area contributed by atoms with Crippen molar-refractivity contribution in [2.75, 3.05) is 6.61 Å². The van der Waals surface area contributed by atoms with E-state index in [1.165, 1.54) is 24.3 Å². The minimum absolute atomic E-state index is 0.150. The molecule has 2 nitrogen and oxygen atoms in total. The molecule has 0 aromatic heterocycles. The Hall–Kier alpha value is -2.01. The molecule has 100 valence electrons. The summed E-state index contributed by atoms with van der Waals surface area (Å²) in [5.41, 5.74) is 0.448. The predicted molar refractivity (Wildman–Crippen MR) is 63.2 cm³/mol. The van der Waals surface area contributed by atoms with Crippen molar-refractivity contribution < 1.29 is 23.0 Å². The Labute approximate surface area is 108 Å². The molecule has 0 amide bonds. The second-order valence-electron chi connectivity index (χ2n) is 3.95. The van der Waals surface area contributed by atoms with E-state index in [-0.39, 0.29) is 12.4 Å². The van der Waals surface area contributed by atoms with E-state index in [1.54, 1.807) is 0 Å². The summed E-state index contributed by atoms with van der Waals surface area (Å²) in [6, 6.07) is 8.12. The van der Waals surface area contributed by atoms with Gasteiger partial charge in [-0.2, -0.15) is 0 Å². The molecule has 2 aromatic carbocycles. The molecule has 0 saturated carbocycles. The molecule has 0 aliphatic heterocycles. The van der Waals surface area contributed by atoms with Crippen LogP contribution in [0.2, 0.25) is 0 Å². The molecule has 0 aliphatic rings. The van der Waals surface area contributed by atoms with Gasteiger partial charge in [0.25, 0.3) is 0 Å². The Morgan fingerprint density at radius 1 is 0.947 bits per heavy atom. The lowest BCUT2D eigenvalue weighted by Gasteiger charge is -2.13. The number of benzene rings is 2. The summed E-state index contributed by atoms with van der Waals surface area (Å²) in [7, 11) is 0. The van der Waals surface area contributed by atoms with E-state index >= 15 is 0 Å². The first kappa shape index (κ1) is 13.4. The summed E-state index contributed by atoms with van der Waals surface area (Å²) in [6.07, 6.45) is -1.02. The summed E-state index contributed by atoms with van der Waals surface area (Å²) in [5, 5.41) is 9.77. The van der Waals surface area contributed by atoms with Gasteiger partial charge in [-0.1, -0.05) is 12.1 Å². The fourth-order valence-electron chi connectivity index (χ4n) is 1.54. The molecule has 0 fully saturated rings. The van der Waals surface area contributed by atoms with Gasteiger partial charge in [0.1, 0.15) is 24.3 Å². The second kappa shape index (κ2) is 5.75. The van der Waals surface area contributed by atoms with Crippen molar-refractivity contribution in [3.8, 4) is 5.75 Å². The number of hydrogen-bond donors (Lipinski definition) is 1. The highest BCUT2D eigenvalue weighted by Gasteiger charge is 2.11. The average Bonchev–Trinajstić information content (AvgIpc) is 2.38. The predicted octanol–water partition coefficient (Wildman–Crippen LogP) is 3.22. The van der Waals surface area contributed by atoms with E-state index in [0.717, 1.165) is 12.1 Å². The third kappa shape index (κ3) is 3.48. The molecule has 0 saturated heterocycles. The summed E-state index contributed by atoms with van der Waals surface area (Å²) < 4.78 is 43.7. The molecule has 1 atom stereocenters. The molecule has 0 radical (unpaired) electrons. The SMILES string of the molecule is OC(COc1ccc(F)cc1F)c1ccc(F)cc1. The number of aliphatic hydroxyl groups is 1. The molecular weight excluding hydrogens is 257 g/mol. The van der Waals surface area contributed by atoms with Crippen LogP contribution in [0.3, 0.4) is 0 Å². The van der Waals surface area contributed by atoms with E-state index in [1.807, 2.05) is 0 Å². The van der Waals surface area contributed by atoms with Crippen LogP contribution < -0.4 is 4.74 Å². The minimum atomic E-state index is -1.02. The van der Waals surface area contributed by atoms with E-state index in [0.29, 0.717) is 11.6 Å². The zero-order valence-corrected chi connectivity index (χ0v) is 9.82. The van der Waals surface area contributed by atoms with Crippen molar-refractivity contribution in [1.82, 2.24) is 0 Å². The topological polar surface area (TPSA) is 29.5 Å². The second-order valence-corrected chi connectivity index (χ2v) is 3.95. The van der Waals surface area contributed by atoms with Crippen LogP contribution in [-0.4, -0.2) is 11.7 Å². The van der Waals surface area contributed by atoms with Gasteiger partial charge in [-0.15, -0.1) is 0 Å². The van der Waals surface area contributed by atoms with Gasteiger partial charge >= 0.3 is 0 Å². The largest absolute Gasteiger partial charge is 0.487 e. The molecule has 5 heteroatoms. The Kier molecular flexibility index (Phi) is 4.06. The summed E-state index contributed by atoms with van der Waals surface area (Å²) in [6.45, 7) is -0.214. The van der Waals surface area contributed by atoms with Gasteiger partial charge in [0.2, 0.25) is 0 Å². The van der Waals surface area contributed by atoms with Gasteiger partial charge in [0, 0.05) is 6.07 Å². The van der Waals surface area contributed by atoms with Gasteiger partial charge in [-0.3, -0.25) is 0 Å². The van der Waals surface area contributed by atoms with Crippen molar-refractivity contribution in [3.05, 3.63) is 65.5 Å². The zero-order chi connectivity index (χ0) is 13.8. The van der Waals surface area contributed by atoms with Crippen LogP contribution in [0.25, 0.3) is 0 Å². The first-order chi connectivity index (χ1) is 9.06. The van der Waals surface area contributed by atoms with E-state index in [9.17, 15) is 18.3 Å². The van der Waals surface area contributed by atoms with Crippen LogP contribution in [-0.2, 0) is 0 Å². The summed E-state index contributed by atoms with van der Waals surface area (Å²) in [5.74, 6) is -2.11. The molecule has 0 aliphatic carbocycles. The highest BCUT2D eigenvalue weighted by Crippen LogP contribution is 2.20. The molecule has 0 spiro atoms. The van der Waals surface area contributed by atoms with Crippen molar-refractivity contribution >= 4 is 0 Å². The Morgan fingerprint density at radius 2 is 1.58 bits per heavy atom. The van der Waals surface area contributed by atoms with Crippen molar-refractivity contribution in [3.63, 3.8) is 0 Å². The van der Waals surface area contributed by atoms with Crippen LogP contribution in [0.4, 0.5) is 13.2 Å². The average molecular weight is 268 g/mol. The van der Waals surface area contributed by atoms with Gasteiger partial charge in [0.15, 0.2) is 11.6 Å². The van der Waals surface area contributed by atoms with E-state index < -0.39 is 23.6 Å². The first-order valence-corrected chi connectivity index (χ1v) is 5.57. The summed E-state index contributed by atoms with van der Waals surface area (Å²) in [4.78, 5) is 0. The van der Waals surface area contributed by atoms with Crippen LogP contribution in [0.1, 0.15) is 11.7 Å². The highest BCUT2D eigenvalue weighted by molar-refractivity contribution is 5.25. The quantitative estimate of drug-likeness (QED) is 0.922. The van der Waals surface area contributed by atoms with Crippen LogP contribution >= 0.6 is 0 Å². The first-order valence-electron chi connectivity index (χ1n) is 5.57. The number of aliphatic hydroxyl groups excluding tert-OH is 1. The van der Waals surface area contributed by atoms with Gasteiger partial charge < -0.3 is 9.84 Å². The number of halogens is 3. The standard InChI is InChI=1S/C14H11F3O2/c15-10-3-1-9(2-4-10)13(18)8-19-14-6-5-11(16)7-12(14)17/h1-7,13,18H,8H2. The fraction of sp³-hybridized carbons (Fsp3) is 0.143. The zero-order valence-electron chi connectivity index (χ0n) is 9.82. The van der Waals surface area contributed by atoms with E-state index in [4.69, 9.17) is 4.74 Å². The maximum absolute atomic E-state index is 13.3. The molecule has 0 bridgehead atoms. The Balaban J connectivity index is 2.00. The third-order valence-electron chi connectivity index (χ3n) is 2.55. The molecule has 2 aromatic rings. The monoisotopic (exact) mass is 268 g/mol. The lowest BCUT2D eigenvalue weighted by molar-refractivity contribution is 0.105. The lowest BCUT2D eigenvalue weighted by atomic mass is 10.1. The Morgan fingerprint density at radius 3 is 2.21 bits per heavy atom. The highest BCUT2D eigenvalue weighted by atomic mass is 19.1. The van der Waals surface area contributed by atoms with Crippen LogP contribution in [0.5, 0.6) is 5.75 Å². The van der Waals surface area contributed by atoms with Crippen molar-refractivity contribution in [2.24, 2.45) is 0 Å². The number of hydrogen-bond acceptors (Lipinski definition) is 2. The van der Waals surface area contributed by atoms with Crippen molar-refractivity contribution in [1.29, 1.82) is 0 Å².